The second-order valence-electron chi connectivity index (χ2n) is 6.57. The second kappa shape index (κ2) is 9.16. The number of carbonyl (C=O) groups excluding carboxylic acids is 1. The highest BCUT2D eigenvalue weighted by molar-refractivity contribution is 9.10. The highest BCUT2D eigenvalue weighted by Gasteiger charge is 2.26. The number of nitrogens with two attached hydrogens (primary N) is 1. The van der Waals surface area contributed by atoms with Crippen LogP contribution in [0, 0.1) is 11.7 Å². The largest absolute Gasteiger partial charge is 0.383 e. The molecule has 0 saturated carbocycles. The maximum Gasteiger partial charge on any atom is 0.330 e. The Hall–Kier alpha value is -2.46. The Bertz CT molecular complexity index is 987. The van der Waals surface area contributed by atoms with Gasteiger partial charge in [0.25, 0.3) is 11.5 Å². The van der Waals surface area contributed by atoms with Crippen molar-refractivity contribution in [3.05, 3.63) is 54.9 Å². The minimum absolute atomic E-state index is 0.00626. The van der Waals surface area contributed by atoms with Crippen LogP contribution >= 0.6 is 15.9 Å². The maximum absolute atomic E-state index is 13.4. The van der Waals surface area contributed by atoms with Crippen LogP contribution in [0.15, 0.2) is 32.3 Å². The van der Waals surface area contributed by atoms with Crippen LogP contribution in [-0.4, -0.2) is 35.7 Å². The molecule has 3 N–H and O–H groups in total. The van der Waals surface area contributed by atoms with E-state index in [4.69, 9.17) is 10.5 Å². The summed E-state index contributed by atoms with van der Waals surface area (Å²) in [6, 6.07) is 3.59. The number of benzene rings is 1. The van der Waals surface area contributed by atoms with Gasteiger partial charge >= 0.3 is 5.69 Å². The molecule has 8 nitrogen and oxygen atoms in total. The summed E-state index contributed by atoms with van der Waals surface area (Å²) in [7, 11) is 1.45. The first kappa shape index (κ1) is 21.8. The fraction of sp³-hybridized carbons (Fsp3) is 0.389. The second-order valence-corrected chi connectivity index (χ2v) is 7.43. The molecule has 0 radical (unpaired) electrons. The molecular weight excluding hydrogens is 435 g/mol. The number of halogens is 2. The van der Waals surface area contributed by atoms with Gasteiger partial charge in [-0.1, -0.05) is 13.8 Å². The van der Waals surface area contributed by atoms with Crippen LogP contribution in [0.5, 0.6) is 0 Å². The number of nitrogens with one attached hydrogen (secondary N) is 1. The molecule has 152 valence electrons. The van der Waals surface area contributed by atoms with Gasteiger partial charge in [-0.25, -0.2) is 9.18 Å². The predicted octanol–water partition coefficient (Wildman–Crippen LogP) is 1.97. The number of H-pyrrole nitrogens is 1. The van der Waals surface area contributed by atoms with Crippen molar-refractivity contribution < 1.29 is 13.9 Å². The number of hydrogen-bond acceptors (Lipinski definition) is 5. The first-order valence-electron chi connectivity index (χ1n) is 8.55. The summed E-state index contributed by atoms with van der Waals surface area (Å²) in [6.07, 6.45) is 0. The predicted molar refractivity (Wildman–Crippen MR) is 108 cm³/mol. The van der Waals surface area contributed by atoms with E-state index in [1.165, 1.54) is 17.7 Å². The molecule has 0 saturated heterocycles. The Morgan fingerprint density at radius 1 is 1.39 bits per heavy atom. The third-order valence-electron chi connectivity index (χ3n) is 3.96. The molecule has 10 heteroatoms. The molecule has 0 bridgehead atoms. The number of nitrogen functional groups attached to an aromatic ring is 1. The van der Waals surface area contributed by atoms with E-state index in [-0.39, 0.29) is 47.2 Å². The highest BCUT2D eigenvalue weighted by Crippen LogP contribution is 2.24. The van der Waals surface area contributed by atoms with Gasteiger partial charge in [0.15, 0.2) is 5.69 Å². The van der Waals surface area contributed by atoms with E-state index in [0.717, 1.165) is 17.0 Å². The lowest BCUT2D eigenvalue weighted by molar-refractivity contribution is 0.0974. The molecular formula is C18H22BrFN4O4. The minimum atomic E-state index is -0.787. The van der Waals surface area contributed by atoms with Crippen molar-refractivity contribution in [2.24, 2.45) is 5.92 Å². The molecule has 1 amide bonds. The third-order valence-corrected chi connectivity index (χ3v) is 4.61. The Balaban J connectivity index is 2.64. The quantitative estimate of drug-likeness (QED) is 0.661. The molecule has 1 aromatic carbocycles. The van der Waals surface area contributed by atoms with E-state index < -0.39 is 23.0 Å². The third kappa shape index (κ3) is 4.68. The van der Waals surface area contributed by atoms with E-state index in [9.17, 15) is 18.8 Å². The van der Waals surface area contributed by atoms with Gasteiger partial charge in [-0.05, 0) is 40.0 Å². The van der Waals surface area contributed by atoms with Gasteiger partial charge in [-0.2, -0.15) is 0 Å². The van der Waals surface area contributed by atoms with Crippen LogP contribution < -0.4 is 21.9 Å². The van der Waals surface area contributed by atoms with E-state index >= 15 is 0 Å². The van der Waals surface area contributed by atoms with Gasteiger partial charge in [-0.15, -0.1) is 0 Å². The van der Waals surface area contributed by atoms with Gasteiger partial charge in [-0.3, -0.25) is 24.0 Å². The van der Waals surface area contributed by atoms with Crippen molar-refractivity contribution in [2.75, 3.05) is 30.9 Å². The fourth-order valence-electron chi connectivity index (χ4n) is 2.69. The van der Waals surface area contributed by atoms with Crippen LogP contribution in [0.3, 0.4) is 0 Å². The van der Waals surface area contributed by atoms with E-state index in [2.05, 4.69) is 20.9 Å². The average Bonchev–Trinajstić information content (AvgIpc) is 2.60. The summed E-state index contributed by atoms with van der Waals surface area (Å²) in [5.41, 5.74) is 4.67. The fourth-order valence-corrected chi connectivity index (χ4v) is 3.21. The molecule has 0 aliphatic carbocycles. The number of anilines is 2. The van der Waals surface area contributed by atoms with Crippen LogP contribution in [0.4, 0.5) is 15.9 Å². The number of amides is 1. The number of hydrogen-bond donors (Lipinski definition) is 2. The zero-order valence-electron chi connectivity index (χ0n) is 15.8. The van der Waals surface area contributed by atoms with Crippen molar-refractivity contribution in [3.8, 4) is 0 Å². The number of ether oxygens (including phenoxy) is 1. The summed E-state index contributed by atoms with van der Waals surface area (Å²) in [4.78, 5) is 41.2. The number of aromatic nitrogens is 2. The van der Waals surface area contributed by atoms with Crippen molar-refractivity contribution >= 4 is 33.3 Å². The van der Waals surface area contributed by atoms with E-state index in [0.29, 0.717) is 0 Å². The summed E-state index contributed by atoms with van der Waals surface area (Å²) in [6.45, 7) is 4.17. The zero-order chi connectivity index (χ0) is 21.0. The molecule has 1 heterocycles. The van der Waals surface area contributed by atoms with Gasteiger partial charge < -0.3 is 10.5 Å². The SMILES string of the molecule is COCCN(C(=O)c1ccc(F)cc1Br)c1c(N)n(CC(C)C)c(=O)[nH]c1=O. The number of aromatic amines is 1. The van der Waals surface area contributed by atoms with Crippen LogP contribution in [0.1, 0.15) is 24.2 Å². The molecule has 2 aromatic rings. The van der Waals surface area contributed by atoms with Gasteiger partial charge in [0.05, 0.1) is 12.2 Å². The van der Waals surface area contributed by atoms with E-state index in [1.54, 1.807) is 0 Å². The Morgan fingerprint density at radius 3 is 2.64 bits per heavy atom. The molecule has 0 atom stereocenters. The lowest BCUT2D eigenvalue weighted by Crippen LogP contribution is -2.43. The molecule has 0 unspecified atom stereocenters. The maximum atomic E-state index is 13.4. The molecule has 0 spiro atoms. The molecule has 0 aliphatic heterocycles. The standard InChI is InChI=1S/C18H22BrFN4O4/c1-10(2)9-24-15(21)14(16(25)22-18(24)27)23(6-7-28-3)17(26)12-5-4-11(20)8-13(12)19/h4-5,8,10H,6-7,9,21H2,1-3H3,(H,22,25,27). The van der Waals surface area contributed by atoms with Crippen molar-refractivity contribution in [3.63, 3.8) is 0 Å². The first-order valence-corrected chi connectivity index (χ1v) is 9.35. The van der Waals surface area contributed by atoms with E-state index in [1.807, 2.05) is 13.8 Å². The summed E-state index contributed by atoms with van der Waals surface area (Å²) >= 11 is 3.16. The van der Waals surface area contributed by atoms with Crippen LogP contribution in [0.25, 0.3) is 0 Å². The van der Waals surface area contributed by atoms with Gasteiger partial charge in [0, 0.05) is 24.7 Å². The van der Waals surface area contributed by atoms with Gasteiger partial charge in [0.2, 0.25) is 0 Å². The molecule has 0 fully saturated rings. The Kier molecular flexibility index (Phi) is 7.14. The van der Waals surface area contributed by atoms with Crippen LogP contribution in [0.2, 0.25) is 0 Å². The van der Waals surface area contributed by atoms with Crippen molar-refractivity contribution in [2.45, 2.75) is 20.4 Å². The number of rotatable bonds is 7. The summed E-state index contributed by atoms with van der Waals surface area (Å²) < 4.78 is 19.9. The normalized spacial score (nSPS) is 11.1. The number of methoxy groups -OCH3 is 1. The summed E-state index contributed by atoms with van der Waals surface area (Å²) in [5.74, 6) is -1.15. The number of nitrogens with zero attached hydrogens (tertiary/aromatic N) is 2. The number of carbonyl (C=O) groups is 1. The lowest BCUT2D eigenvalue weighted by atomic mass is 10.1. The first-order chi connectivity index (χ1) is 13.2. The topological polar surface area (TPSA) is 110 Å². The lowest BCUT2D eigenvalue weighted by Gasteiger charge is -2.25. The van der Waals surface area contributed by atoms with Crippen molar-refractivity contribution in [1.82, 2.24) is 9.55 Å². The molecule has 1 aromatic heterocycles. The average molecular weight is 457 g/mol. The van der Waals surface area contributed by atoms with Crippen LogP contribution in [-0.2, 0) is 11.3 Å². The monoisotopic (exact) mass is 456 g/mol. The smallest absolute Gasteiger partial charge is 0.330 e. The molecule has 28 heavy (non-hydrogen) atoms. The summed E-state index contributed by atoms with van der Waals surface area (Å²) in [5, 5.41) is 0. The Morgan fingerprint density at radius 2 is 2.07 bits per heavy atom. The Labute approximate surface area is 169 Å². The highest BCUT2D eigenvalue weighted by atomic mass is 79.9. The van der Waals surface area contributed by atoms with Crippen molar-refractivity contribution in [1.29, 1.82) is 0 Å². The molecule has 2 rings (SSSR count). The minimum Gasteiger partial charge on any atom is -0.383 e. The zero-order valence-corrected chi connectivity index (χ0v) is 17.4. The molecule has 0 aliphatic rings. The van der Waals surface area contributed by atoms with Gasteiger partial charge in [0.1, 0.15) is 11.6 Å².